The maximum atomic E-state index is 14.0. The summed E-state index contributed by atoms with van der Waals surface area (Å²) in [5, 5.41) is 0. The van der Waals surface area contributed by atoms with Crippen LogP contribution in [0.25, 0.3) is 0 Å². The average molecular weight is 493 g/mol. The Morgan fingerprint density at radius 3 is 2.19 bits per heavy atom. The third-order valence-electron chi connectivity index (χ3n) is 7.19. The van der Waals surface area contributed by atoms with Crippen molar-refractivity contribution in [3.8, 4) is 5.75 Å². The van der Waals surface area contributed by atoms with Crippen LogP contribution < -0.4 is 4.74 Å². The fourth-order valence-electron chi connectivity index (χ4n) is 5.19. The molecule has 4 nitrogen and oxygen atoms in total. The SMILES string of the molecule is COc1cccc(CCN(C)CCCN2CCCC(c3ccc(F)cc3)(c3ccc(F)cc3)C2=O)c1. The van der Waals surface area contributed by atoms with Crippen molar-refractivity contribution >= 4 is 5.91 Å². The molecule has 0 aromatic heterocycles. The number of halogens is 2. The monoisotopic (exact) mass is 492 g/mol. The highest BCUT2D eigenvalue weighted by molar-refractivity contribution is 5.92. The molecule has 0 unspecified atom stereocenters. The van der Waals surface area contributed by atoms with Crippen LogP contribution in [0.15, 0.2) is 72.8 Å². The summed E-state index contributed by atoms with van der Waals surface area (Å²) in [5.74, 6) is 0.186. The van der Waals surface area contributed by atoms with E-state index in [1.807, 2.05) is 17.0 Å². The summed E-state index contributed by atoms with van der Waals surface area (Å²) in [4.78, 5) is 18.2. The molecule has 1 saturated heterocycles. The van der Waals surface area contributed by atoms with Crippen LogP contribution in [0.3, 0.4) is 0 Å². The molecule has 0 saturated carbocycles. The van der Waals surface area contributed by atoms with Crippen LogP contribution in [0.1, 0.15) is 36.0 Å². The number of methoxy groups -OCH3 is 1. The van der Waals surface area contributed by atoms with E-state index >= 15 is 0 Å². The minimum Gasteiger partial charge on any atom is -0.497 e. The number of carbonyl (C=O) groups excluding carboxylic acids is 1. The first-order valence-corrected chi connectivity index (χ1v) is 12.6. The Hall–Kier alpha value is -3.25. The molecule has 0 bridgehead atoms. The number of likely N-dealkylation sites (N-methyl/N-ethyl adjacent to an activating group) is 1. The molecule has 0 N–H and O–H groups in total. The Bertz CT molecular complexity index is 1100. The second kappa shape index (κ2) is 11.7. The lowest BCUT2D eigenvalue weighted by atomic mass is 9.68. The van der Waals surface area contributed by atoms with Crippen molar-refractivity contribution in [2.45, 2.75) is 31.1 Å². The molecule has 4 rings (SSSR count). The Labute approximate surface area is 212 Å². The van der Waals surface area contributed by atoms with Gasteiger partial charge in [0.25, 0.3) is 0 Å². The van der Waals surface area contributed by atoms with Gasteiger partial charge in [-0.1, -0.05) is 36.4 Å². The lowest BCUT2D eigenvalue weighted by molar-refractivity contribution is -0.139. The largest absolute Gasteiger partial charge is 0.497 e. The minimum absolute atomic E-state index is 0.00556. The molecule has 6 heteroatoms. The number of benzene rings is 3. The molecule has 190 valence electrons. The molecule has 3 aromatic rings. The molecule has 1 amide bonds. The van der Waals surface area contributed by atoms with Crippen molar-refractivity contribution in [2.24, 2.45) is 0 Å². The number of hydrogen-bond donors (Lipinski definition) is 0. The van der Waals surface area contributed by atoms with Gasteiger partial charge in [0, 0.05) is 19.6 Å². The smallest absolute Gasteiger partial charge is 0.237 e. The summed E-state index contributed by atoms with van der Waals surface area (Å²) in [6.45, 7) is 3.12. The van der Waals surface area contributed by atoms with E-state index in [9.17, 15) is 13.6 Å². The van der Waals surface area contributed by atoms with Crippen LogP contribution in [0, 0.1) is 11.6 Å². The first-order chi connectivity index (χ1) is 17.4. The second-order valence-electron chi connectivity index (χ2n) is 9.57. The van der Waals surface area contributed by atoms with Crippen molar-refractivity contribution in [1.82, 2.24) is 9.80 Å². The van der Waals surface area contributed by atoms with Crippen molar-refractivity contribution in [3.63, 3.8) is 0 Å². The summed E-state index contributed by atoms with van der Waals surface area (Å²) in [6.07, 6.45) is 3.21. The van der Waals surface area contributed by atoms with Crippen molar-refractivity contribution < 1.29 is 18.3 Å². The van der Waals surface area contributed by atoms with Gasteiger partial charge in [-0.15, -0.1) is 0 Å². The zero-order chi connectivity index (χ0) is 25.5. The fraction of sp³-hybridized carbons (Fsp3) is 0.367. The van der Waals surface area contributed by atoms with E-state index in [0.29, 0.717) is 19.5 Å². The summed E-state index contributed by atoms with van der Waals surface area (Å²) < 4.78 is 32.7. The summed E-state index contributed by atoms with van der Waals surface area (Å²) in [7, 11) is 3.77. The molecule has 0 spiro atoms. The Morgan fingerprint density at radius 2 is 1.58 bits per heavy atom. The lowest BCUT2D eigenvalue weighted by Gasteiger charge is -2.43. The fourth-order valence-corrected chi connectivity index (χ4v) is 5.19. The highest BCUT2D eigenvalue weighted by Gasteiger charge is 2.46. The van der Waals surface area contributed by atoms with Crippen LogP contribution in [-0.2, 0) is 16.6 Å². The number of piperidine rings is 1. The van der Waals surface area contributed by atoms with Crippen LogP contribution in [0.4, 0.5) is 8.78 Å². The second-order valence-corrected chi connectivity index (χ2v) is 9.57. The molecular formula is C30H34F2N2O2. The highest BCUT2D eigenvalue weighted by Crippen LogP contribution is 2.41. The topological polar surface area (TPSA) is 32.8 Å². The summed E-state index contributed by atoms with van der Waals surface area (Å²) >= 11 is 0. The van der Waals surface area contributed by atoms with Gasteiger partial charge in [0.1, 0.15) is 17.4 Å². The molecule has 36 heavy (non-hydrogen) atoms. The zero-order valence-corrected chi connectivity index (χ0v) is 21.1. The van der Waals surface area contributed by atoms with Gasteiger partial charge in [0.15, 0.2) is 0 Å². The van der Waals surface area contributed by atoms with Crippen molar-refractivity contribution in [3.05, 3.63) is 101 Å². The molecule has 1 aliphatic rings. The Morgan fingerprint density at radius 1 is 0.944 bits per heavy atom. The number of nitrogens with zero attached hydrogens (tertiary/aromatic N) is 2. The lowest BCUT2D eigenvalue weighted by Crippen LogP contribution is -2.52. The van der Waals surface area contributed by atoms with Crippen LogP contribution >= 0.6 is 0 Å². The third kappa shape index (κ3) is 5.76. The van der Waals surface area contributed by atoms with Crippen LogP contribution in [-0.4, -0.2) is 56.0 Å². The number of likely N-dealkylation sites (tertiary alicyclic amines) is 1. The number of ether oxygens (including phenoxy) is 1. The molecular weight excluding hydrogens is 458 g/mol. The molecule has 1 fully saturated rings. The van der Waals surface area contributed by atoms with Crippen molar-refractivity contribution in [1.29, 1.82) is 0 Å². The highest BCUT2D eigenvalue weighted by atomic mass is 19.1. The minimum atomic E-state index is -0.933. The number of hydrogen-bond acceptors (Lipinski definition) is 3. The Kier molecular flexibility index (Phi) is 8.36. The van der Waals surface area contributed by atoms with Crippen molar-refractivity contribution in [2.75, 3.05) is 40.3 Å². The number of carbonyl (C=O) groups is 1. The van der Waals surface area contributed by atoms with Gasteiger partial charge in [0.05, 0.1) is 12.5 Å². The van der Waals surface area contributed by atoms with E-state index in [0.717, 1.165) is 49.2 Å². The maximum absolute atomic E-state index is 14.0. The predicted molar refractivity (Wildman–Crippen MR) is 138 cm³/mol. The molecule has 1 aliphatic heterocycles. The van der Waals surface area contributed by atoms with Gasteiger partial charge in [-0.2, -0.15) is 0 Å². The normalized spacial score (nSPS) is 15.4. The Balaban J connectivity index is 1.42. The van der Waals surface area contributed by atoms with Crippen LogP contribution in [0.5, 0.6) is 5.75 Å². The van der Waals surface area contributed by atoms with Gasteiger partial charge >= 0.3 is 0 Å². The van der Waals surface area contributed by atoms with Gasteiger partial charge in [-0.25, -0.2) is 8.78 Å². The molecule has 0 radical (unpaired) electrons. The van der Waals surface area contributed by atoms with E-state index < -0.39 is 5.41 Å². The van der Waals surface area contributed by atoms with E-state index in [1.165, 1.54) is 29.8 Å². The predicted octanol–water partition coefficient (Wildman–Crippen LogP) is 5.45. The molecule has 1 heterocycles. The molecule has 0 atom stereocenters. The van der Waals surface area contributed by atoms with Gasteiger partial charge < -0.3 is 14.5 Å². The zero-order valence-electron chi connectivity index (χ0n) is 21.1. The van der Waals surface area contributed by atoms with E-state index in [-0.39, 0.29) is 17.5 Å². The van der Waals surface area contributed by atoms with Gasteiger partial charge in [0.2, 0.25) is 5.91 Å². The van der Waals surface area contributed by atoms with Gasteiger partial charge in [-0.05, 0) is 92.4 Å². The quantitative estimate of drug-likeness (QED) is 0.378. The van der Waals surface area contributed by atoms with Gasteiger partial charge in [-0.3, -0.25) is 4.79 Å². The summed E-state index contributed by atoms with van der Waals surface area (Å²) in [5.41, 5.74) is 1.80. The summed E-state index contributed by atoms with van der Waals surface area (Å²) in [6, 6.07) is 20.4. The first kappa shape index (κ1) is 25.8. The molecule has 0 aliphatic carbocycles. The number of amides is 1. The standard InChI is InChI=1S/C30H34F2N2O2/c1-33(21-16-23-6-3-7-28(22-23)36-2)18-5-20-34-19-4-17-30(29(34)35,24-8-12-26(31)13-9-24)25-10-14-27(32)15-11-25/h3,6-15,22H,4-5,16-21H2,1-2H3. The average Bonchev–Trinajstić information content (AvgIpc) is 2.90. The maximum Gasteiger partial charge on any atom is 0.237 e. The number of rotatable bonds is 10. The van der Waals surface area contributed by atoms with E-state index in [1.54, 1.807) is 31.4 Å². The first-order valence-electron chi connectivity index (χ1n) is 12.6. The van der Waals surface area contributed by atoms with Crippen LogP contribution in [0.2, 0.25) is 0 Å². The van der Waals surface area contributed by atoms with E-state index in [2.05, 4.69) is 24.1 Å². The van der Waals surface area contributed by atoms with E-state index in [4.69, 9.17) is 4.74 Å². The molecule has 3 aromatic carbocycles. The third-order valence-corrected chi connectivity index (χ3v) is 7.19.